The fourth-order valence-corrected chi connectivity index (χ4v) is 4.09. The summed E-state index contributed by atoms with van der Waals surface area (Å²) >= 11 is 0. The molecule has 0 aromatic heterocycles. The van der Waals surface area contributed by atoms with Gasteiger partial charge in [0.2, 0.25) is 5.91 Å². The topological polar surface area (TPSA) is 102 Å². The van der Waals surface area contributed by atoms with Gasteiger partial charge in [-0.2, -0.15) is 0 Å². The van der Waals surface area contributed by atoms with E-state index in [1.54, 1.807) is 11.0 Å². The summed E-state index contributed by atoms with van der Waals surface area (Å²) < 4.78 is 6.06. The van der Waals surface area contributed by atoms with Gasteiger partial charge in [-0.1, -0.05) is 12.5 Å². The maximum Gasteiger partial charge on any atom is 0.270 e. The molecule has 1 N–H and O–H groups in total. The number of nitro groups is 1. The quantitative estimate of drug-likeness (QED) is 0.645. The van der Waals surface area contributed by atoms with Crippen LogP contribution in [0.4, 0.5) is 5.69 Å². The van der Waals surface area contributed by atoms with Gasteiger partial charge < -0.3 is 10.1 Å². The molecule has 1 atom stereocenters. The highest BCUT2D eigenvalue weighted by Gasteiger charge is 2.53. The van der Waals surface area contributed by atoms with Gasteiger partial charge in [-0.05, 0) is 44.6 Å². The Morgan fingerprint density at radius 2 is 1.96 bits per heavy atom. The van der Waals surface area contributed by atoms with Crippen LogP contribution >= 0.6 is 0 Å². The summed E-state index contributed by atoms with van der Waals surface area (Å²) in [6.45, 7) is 0.166. The third kappa shape index (κ3) is 3.41. The van der Waals surface area contributed by atoms with Gasteiger partial charge in [-0.25, -0.2) is 0 Å². The average molecular weight is 373 g/mol. The third-order valence-electron chi connectivity index (χ3n) is 5.64. The van der Waals surface area contributed by atoms with Gasteiger partial charge >= 0.3 is 0 Å². The Labute approximate surface area is 157 Å². The molecule has 0 radical (unpaired) electrons. The summed E-state index contributed by atoms with van der Waals surface area (Å²) in [4.78, 5) is 38.2. The van der Waals surface area contributed by atoms with Gasteiger partial charge in [0.1, 0.15) is 11.8 Å². The Morgan fingerprint density at radius 3 is 2.63 bits per heavy atom. The molecule has 2 saturated carbocycles. The lowest BCUT2D eigenvalue weighted by Crippen LogP contribution is -2.56. The van der Waals surface area contributed by atoms with Crippen molar-refractivity contribution in [1.29, 1.82) is 0 Å². The smallest absolute Gasteiger partial charge is 0.270 e. The summed E-state index contributed by atoms with van der Waals surface area (Å²) in [7, 11) is 0. The van der Waals surface area contributed by atoms with E-state index in [9.17, 15) is 19.7 Å². The van der Waals surface area contributed by atoms with E-state index in [1.807, 2.05) is 0 Å². The molecule has 1 aromatic carbocycles. The zero-order valence-corrected chi connectivity index (χ0v) is 15.1. The maximum atomic E-state index is 13.4. The molecular formula is C19H23N3O5. The number of nitrogens with zero attached hydrogens (tertiary/aromatic N) is 2. The second-order valence-electron chi connectivity index (χ2n) is 7.60. The molecule has 4 rings (SSSR count). The number of hydrogen-bond donors (Lipinski definition) is 1. The van der Waals surface area contributed by atoms with Crippen LogP contribution in [0.15, 0.2) is 24.3 Å². The fourth-order valence-electron chi connectivity index (χ4n) is 4.09. The molecule has 1 aromatic rings. The number of carbonyl (C=O) groups excluding carboxylic acids is 2. The first kappa shape index (κ1) is 17.9. The Balaban J connectivity index is 1.66. The van der Waals surface area contributed by atoms with Crippen LogP contribution < -0.4 is 5.32 Å². The monoisotopic (exact) mass is 373 g/mol. The average Bonchev–Trinajstić information content (AvgIpc) is 3.42. The van der Waals surface area contributed by atoms with E-state index in [4.69, 9.17) is 4.74 Å². The standard InChI is InChI=1S/C19H23N3O5/c23-17(20-14-7-8-14)16-12-27-19(9-2-1-3-10-19)21(16)18(24)13-5-4-6-15(11-13)22(25)26/h4-6,11,14,16H,1-3,7-10,12H2,(H,20,23)/t16-/m0/s1. The lowest BCUT2D eigenvalue weighted by atomic mass is 9.89. The minimum atomic E-state index is -0.786. The van der Waals surface area contributed by atoms with Crippen LogP contribution in [0, 0.1) is 10.1 Å². The van der Waals surface area contributed by atoms with E-state index in [2.05, 4.69) is 5.32 Å². The van der Waals surface area contributed by atoms with Crippen LogP contribution in [0.3, 0.4) is 0 Å². The van der Waals surface area contributed by atoms with Crippen molar-refractivity contribution >= 4 is 17.5 Å². The van der Waals surface area contributed by atoms with Crippen molar-refractivity contribution in [3.63, 3.8) is 0 Å². The first-order valence-corrected chi connectivity index (χ1v) is 9.53. The van der Waals surface area contributed by atoms with Crippen molar-refractivity contribution in [3.8, 4) is 0 Å². The number of nitrogens with one attached hydrogen (secondary N) is 1. The summed E-state index contributed by atoms with van der Waals surface area (Å²) in [5, 5.41) is 14.0. The first-order chi connectivity index (χ1) is 13.0. The van der Waals surface area contributed by atoms with E-state index in [0.717, 1.165) is 32.1 Å². The van der Waals surface area contributed by atoms with Crippen LogP contribution in [0.1, 0.15) is 55.3 Å². The van der Waals surface area contributed by atoms with Gasteiger partial charge in [0.25, 0.3) is 11.6 Å². The minimum absolute atomic E-state index is 0.141. The highest BCUT2D eigenvalue weighted by molar-refractivity contribution is 5.99. The molecular weight excluding hydrogens is 350 g/mol. The van der Waals surface area contributed by atoms with Gasteiger partial charge in [-0.15, -0.1) is 0 Å². The maximum absolute atomic E-state index is 13.4. The molecule has 1 saturated heterocycles. The Bertz CT molecular complexity index is 770. The van der Waals surface area contributed by atoms with Crippen molar-refractivity contribution in [3.05, 3.63) is 39.9 Å². The molecule has 2 aliphatic carbocycles. The van der Waals surface area contributed by atoms with Crippen molar-refractivity contribution in [2.45, 2.75) is 62.8 Å². The summed E-state index contributed by atoms with van der Waals surface area (Å²) in [6.07, 6.45) is 6.21. The van der Waals surface area contributed by atoms with Crippen LogP contribution in [-0.2, 0) is 9.53 Å². The molecule has 0 unspecified atom stereocenters. The van der Waals surface area contributed by atoms with Crippen LogP contribution in [0.5, 0.6) is 0 Å². The molecule has 1 aliphatic heterocycles. The van der Waals surface area contributed by atoms with Gasteiger partial charge in [0, 0.05) is 23.7 Å². The molecule has 0 bridgehead atoms. The minimum Gasteiger partial charge on any atom is -0.353 e. The largest absolute Gasteiger partial charge is 0.353 e. The second kappa shape index (κ2) is 6.92. The van der Waals surface area contributed by atoms with Crippen molar-refractivity contribution in [2.24, 2.45) is 0 Å². The molecule has 3 fully saturated rings. The predicted molar refractivity (Wildman–Crippen MR) is 96.0 cm³/mol. The zero-order valence-electron chi connectivity index (χ0n) is 15.1. The summed E-state index contributed by atoms with van der Waals surface area (Å²) in [5.41, 5.74) is -0.715. The van der Waals surface area contributed by atoms with Crippen molar-refractivity contribution in [1.82, 2.24) is 10.2 Å². The van der Waals surface area contributed by atoms with E-state index in [0.29, 0.717) is 12.8 Å². The van der Waals surface area contributed by atoms with Gasteiger partial charge in [-0.3, -0.25) is 24.6 Å². The Hall–Kier alpha value is -2.48. The number of rotatable bonds is 4. The number of ether oxygens (including phenoxy) is 1. The lowest BCUT2D eigenvalue weighted by Gasteiger charge is -2.41. The van der Waals surface area contributed by atoms with Gasteiger partial charge in [0.05, 0.1) is 11.5 Å². The van der Waals surface area contributed by atoms with Crippen LogP contribution in [0.2, 0.25) is 0 Å². The molecule has 27 heavy (non-hydrogen) atoms. The SMILES string of the molecule is O=C(NC1CC1)[C@@H]1COC2(CCCCC2)N1C(=O)c1cccc([N+](=O)[O-])c1. The van der Waals surface area contributed by atoms with Crippen LogP contribution in [0.25, 0.3) is 0 Å². The molecule has 1 spiro atoms. The highest BCUT2D eigenvalue weighted by atomic mass is 16.6. The normalized spacial score (nSPS) is 24.0. The predicted octanol–water partition coefficient (Wildman–Crippen LogP) is 2.37. The number of nitro benzene ring substituents is 1. The Kier molecular flexibility index (Phi) is 4.59. The lowest BCUT2D eigenvalue weighted by molar-refractivity contribution is -0.384. The summed E-state index contributed by atoms with van der Waals surface area (Å²) in [5.74, 6) is -0.576. The number of non-ortho nitro benzene ring substituents is 1. The Morgan fingerprint density at radius 1 is 1.22 bits per heavy atom. The molecule has 3 aliphatic rings. The molecule has 8 nitrogen and oxygen atoms in total. The summed E-state index contributed by atoms with van der Waals surface area (Å²) in [6, 6.07) is 5.17. The zero-order chi connectivity index (χ0) is 19.0. The highest BCUT2D eigenvalue weighted by Crippen LogP contribution is 2.41. The third-order valence-corrected chi connectivity index (χ3v) is 5.64. The van der Waals surface area contributed by atoms with Gasteiger partial charge in [0.15, 0.2) is 0 Å². The van der Waals surface area contributed by atoms with Crippen LogP contribution in [-0.4, -0.2) is 46.1 Å². The van der Waals surface area contributed by atoms with E-state index < -0.39 is 16.7 Å². The number of carbonyl (C=O) groups is 2. The number of benzene rings is 1. The molecule has 2 amide bonds. The fraction of sp³-hybridized carbons (Fsp3) is 0.579. The van der Waals surface area contributed by atoms with Crippen molar-refractivity contribution < 1.29 is 19.2 Å². The second-order valence-corrected chi connectivity index (χ2v) is 7.60. The van der Waals surface area contributed by atoms with Crippen molar-refractivity contribution in [2.75, 3.05) is 6.61 Å². The van der Waals surface area contributed by atoms with E-state index in [-0.39, 0.29) is 35.7 Å². The molecule has 1 heterocycles. The van der Waals surface area contributed by atoms with E-state index >= 15 is 0 Å². The molecule has 8 heteroatoms. The molecule has 144 valence electrons. The number of amides is 2. The van der Waals surface area contributed by atoms with E-state index in [1.165, 1.54) is 18.2 Å². The first-order valence-electron chi connectivity index (χ1n) is 9.53. The number of hydrogen-bond acceptors (Lipinski definition) is 5.